The number of nitrogens with two attached hydrogens (primary N) is 1. The van der Waals surface area contributed by atoms with Gasteiger partial charge < -0.3 is 10.5 Å². The first-order valence-electron chi connectivity index (χ1n) is 8.00. The molecule has 3 aromatic rings. The molecule has 0 atom stereocenters. The summed E-state index contributed by atoms with van der Waals surface area (Å²) >= 11 is 6.08. The normalized spacial score (nSPS) is 10.5. The van der Waals surface area contributed by atoms with Gasteiger partial charge in [-0.1, -0.05) is 41.9 Å². The Morgan fingerprint density at radius 3 is 2.37 bits per heavy atom. The smallest absolute Gasteiger partial charge is 0.249 e. The van der Waals surface area contributed by atoms with Gasteiger partial charge in [0.1, 0.15) is 17.1 Å². The molecule has 3 rings (SSSR count). The summed E-state index contributed by atoms with van der Waals surface area (Å²) in [6.45, 7) is 0. The number of carbonyl (C=O) groups excluding carboxylic acids is 2. The summed E-state index contributed by atoms with van der Waals surface area (Å²) in [4.78, 5) is 25.0. The zero-order valence-corrected chi connectivity index (χ0v) is 15.1. The van der Waals surface area contributed by atoms with Crippen molar-refractivity contribution in [2.24, 2.45) is 5.73 Å². The Hall–Kier alpha value is -3.18. The summed E-state index contributed by atoms with van der Waals surface area (Å²) in [5.41, 5.74) is 6.51. The molecule has 0 aromatic heterocycles. The van der Waals surface area contributed by atoms with Crippen LogP contribution in [0.2, 0.25) is 5.02 Å². The molecule has 0 aliphatic carbocycles. The van der Waals surface area contributed by atoms with Crippen LogP contribution in [0.1, 0.15) is 26.3 Å². The van der Waals surface area contributed by atoms with E-state index in [0.29, 0.717) is 16.1 Å². The molecule has 3 aromatic carbocycles. The fourth-order valence-corrected chi connectivity index (χ4v) is 3.07. The molecule has 0 spiro atoms. The van der Waals surface area contributed by atoms with E-state index < -0.39 is 17.5 Å². The first kappa shape index (κ1) is 18.6. The largest absolute Gasteiger partial charge is 0.496 e. The third-order valence-electron chi connectivity index (χ3n) is 4.13. The average molecular weight is 384 g/mol. The Morgan fingerprint density at radius 1 is 0.963 bits per heavy atom. The van der Waals surface area contributed by atoms with Gasteiger partial charge in [0.15, 0.2) is 5.78 Å². The van der Waals surface area contributed by atoms with Crippen molar-refractivity contribution in [3.63, 3.8) is 0 Å². The molecule has 0 unspecified atom stereocenters. The monoisotopic (exact) mass is 383 g/mol. The van der Waals surface area contributed by atoms with E-state index in [-0.39, 0.29) is 22.4 Å². The standard InChI is InChI=1S/C21H15ClFNO3/c1-27-18-8-4-7-17(23)19(18)20(25)16-11-12(22)9-10-14(16)13-5-2-3-6-15(13)21(24)26/h2-11H,1H3,(H2,24,26). The zero-order valence-electron chi connectivity index (χ0n) is 14.3. The van der Waals surface area contributed by atoms with Crippen LogP contribution in [0.15, 0.2) is 60.7 Å². The van der Waals surface area contributed by atoms with Gasteiger partial charge in [-0.15, -0.1) is 0 Å². The van der Waals surface area contributed by atoms with Crippen LogP contribution in [-0.2, 0) is 0 Å². The van der Waals surface area contributed by atoms with Gasteiger partial charge in [-0.05, 0) is 41.5 Å². The van der Waals surface area contributed by atoms with E-state index in [1.807, 2.05) is 0 Å². The highest BCUT2D eigenvalue weighted by molar-refractivity contribution is 6.31. The van der Waals surface area contributed by atoms with Crippen LogP contribution in [0.3, 0.4) is 0 Å². The molecule has 0 saturated heterocycles. The number of carbonyl (C=O) groups is 2. The first-order chi connectivity index (χ1) is 12.9. The molecule has 0 heterocycles. The molecule has 27 heavy (non-hydrogen) atoms. The number of hydrogen-bond donors (Lipinski definition) is 1. The molecule has 0 saturated carbocycles. The highest BCUT2D eigenvalue weighted by atomic mass is 35.5. The van der Waals surface area contributed by atoms with Crippen molar-refractivity contribution < 1.29 is 18.7 Å². The fraction of sp³-hybridized carbons (Fsp3) is 0.0476. The van der Waals surface area contributed by atoms with Crippen molar-refractivity contribution in [3.8, 4) is 16.9 Å². The number of hydrogen-bond acceptors (Lipinski definition) is 3. The lowest BCUT2D eigenvalue weighted by Crippen LogP contribution is -2.13. The van der Waals surface area contributed by atoms with Crippen LogP contribution in [0, 0.1) is 5.82 Å². The predicted molar refractivity (Wildman–Crippen MR) is 102 cm³/mol. The number of rotatable bonds is 5. The van der Waals surface area contributed by atoms with E-state index in [9.17, 15) is 14.0 Å². The molecule has 0 radical (unpaired) electrons. The number of halogens is 2. The Morgan fingerprint density at radius 2 is 1.67 bits per heavy atom. The quantitative estimate of drug-likeness (QED) is 0.660. The van der Waals surface area contributed by atoms with E-state index in [0.717, 1.165) is 0 Å². The van der Waals surface area contributed by atoms with Crippen LogP contribution in [0.25, 0.3) is 11.1 Å². The van der Waals surface area contributed by atoms with Crippen molar-refractivity contribution in [2.45, 2.75) is 0 Å². The van der Waals surface area contributed by atoms with Crippen LogP contribution < -0.4 is 10.5 Å². The third-order valence-corrected chi connectivity index (χ3v) is 4.37. The minimum atomic E-state index is -0.714. The second-order valence-electron chi connectivity index (χ2n) is 5.75. The molecule has 136 valence electrons. The molecule has 0 bridgehead atoms. The highest BCUT2D eigenvalue weighted by Gasteiger charge is 2.24. The van der Waals surface area contributed by atoms with E-state index in [1.54, 1.807) is 36.4 Å². The van der Waals surface area contributed by atoms with Gasteiger partial charge >= 0.3 is 0 Å². The molecular formula is C21H15ClFNO3. The van der Waals surface area contributed by atoms with Crippen LogP contribution >= 0.6 is 11.6 Å². The Bertz CT molecular complexity index is 1050. The second-order valence-corrected chi connectivity index (χ2v) is 6.18. The second kappa shape index (κ2) is 7.60. The van der Waals surface area contributed by atoms with Crippen LogP contribution in [-0.4, -0.2) is 18.8 Å². The minimum absolute atomic E-state index is 0.106. The van der Waals surface area contributed by atoms with Gasteiger partial charge in [-0.25, -0.2) is 4.39 Å². The first-order valence-corrected chi connectivity index (χ1v) is 8.37. The summed E-state index contributed by atoms with van der Waals surface area (Å²) in [5.74, 6) is -1.85. The van der Waals surface area contributed by atoms with Gasteiger partial charge in [0, 0.05) is 16.1 Å². The molecule has 0 fully saturated rings. The van der Waals surface area contributed by atoms with E-state index in [2.05, 4.69) is 0 Å². The third kappa shape index (κ3) is 3.55. The Balaban J connectivity index is 2.26. The maximum Gasteiger partial charge on any atom is 0.249 e. The van der Waals surface area contributed by atoms with Crippen LogP contribution in [0.5, 0.6) is 5.75 Å². The Labute approximate surface area is 160 Å². The molecule has 4 nitrogen and oxygen atoms in total. The molecule has 1 amide bonds. The number of ketones is 1. The number of primary amides is 1. The molecule has 2 N–H and O–H groups in total. The number of methoxy groups -OCH3 is 1. The minimum Gasteiger partial charge on any atom is -0.496 e. The van der Waals surface area contributed by atoms with Gasteiger partial charge in [-0.3, -0.25) is 9.59 Å². The molecule has 0 aliphatic heterocycles. The summed E-state index contributed by atoms with van der Waals surface area (Å²) in [6, 6.07) is 15.4. The number of ether oxygens (including phenoxy) is 1. The van der Waals surface area contributed by atoms with Crippen LogP contribution in [0.4, 0.5) is 4.39 Å². The van der Waals surface area contributed by atoms with Gasteiger partial charge in [0.25, 0.3) is 0 Å². The number of benzene rings is 3. The maximum atomic E-state index is 14.4. The maximum absolute atomic E-state index is 14.4. The van der Waals surface area contributed by atoms with E-state index in [1.165, 1.54) is 31.4 Å². The lowest BCUT2D eigenvalue weighted by molar-refractivity contribution is 0.0997. The fourth-order valence-electron chi connectivity index (χ4n) is 2.90. The lowest BCUT2D eigenvalue weighted by Gasteiger charge is -2.14. The van der Waals surface area contributed by atoms with Gasteiger partial charge in [-0.2, -0.15) is 0 Å². The average Bonchev–Trinajstić information content (AvgIpc) is 2.67. The summed E-state index contributed by atoms with van der Waals surface area (Å²) in [6.07, 6.45) is 0. The van der Waals surface area contributed by atoms with Crippen molar-refractivity contribution in [1.29, 1.82) is 0 Å². The number of amides is 1. The van der Waals surface area contributed by atoms with E-state index >= 15 is 0 Å². The van der Waals surface area contributed by atoms with Gasteiger partial charge in [0.2, 0.25) is 5.91 Å². The Kier molecular flexibility index (Phi) is 5.23. The summed E-state index contributed by atoms with van der Waals surface area (Å²) < 4.78 is 19.5. The summed E-state index contributed by atoms with van der Waals surface area (Å²) in [5, 5.41) is 0.300. The highest BCUT2D eigenvalue weighted by Crippen LogP contribution is 2.33. The van der Waals surface area contributed by atoms with Crippen molar-refractivity contribution in [1.82, 2.24) is 0 Å². The summed E-state index contributed by atoms with van der Waals surface area (Å²) in [7, 11) is 1.35. The molecule has 0 aliphatic rings. The zero-order chi connectivity index (χ0) is 19.6. The van der Waals surface area contributed by atoms with Crippen molar-refractivity contribution >= 4 is 23.3 Å². The van der Waals surface area contributed by atoms with Crippen molar-refractivity contribution in [3.05, 3.63) is 88.2 Å². The van der Waals surface area contributed by atoms with Crippen molar-refractivity contribution in [2.75, 3.05) is 7.11 Å². The van der Waals surface area contributed by atoms with Gasteiger partial charge in [0.05, 0.1) is 7.11 Å². The predicted octanol–water partition coefficient (Wildman–Crippen LogP) is 4.48. The topological polar surface area (TPSA) is 69.4 Å². The molecule has 6 heteroatoms. The lowest BCUT2D eigenvalue weighted by atomic mass is 9.91. The SMILES string of the molecule is COc1cccc(F)c1C(=O)c1cc(Cl)ccc1-c1ccccc1C(N)=O. The van der Waals surface area contributed by atoms with E-state index in [4.69, 9.17) is 22.1 Å². The molecular weight excluding hydrogens is 369 g/mol.